The predicted molar refractivity (Wildman–Crippen MR) is 168 cm³/mol. The van der Waals surface area contributed by atoms with E-state index >= 15 is 0 Å². The van der Waals surface area contributed by atoms with Crippen LogP contribution in [0.2, 0.25) is 0 Å². The number of benzene rings is 3. The summed E-state index contributed by atoms with van der Waals surface area (Å²) < 4.78 is 12.1. The van der Waals surface area contributed by atoms with Crippen molar-refractivity contribution in [2.75, 3.05) is 0 Å². The van der Waals surface area contributed by atoms with E-state index in [1.54, 1.807) is 12.1 Å². The number of carbonyl (C=O) groups is 1. The minimum atomic E-state index is -0.354. The Kier molecular flexibility index (Phi) is 14.1. The van der Waals surface area contributed by atoms with Crippen LogP contribution in [0.3, 0.4) is 0 Å². The molecule has 0 fully saturated rings. The highest BCUT2D eigenvalue weighted by Gasteiger charge is 2.15. The Bertz CT molecular complexity index is 1130. The molecular formula is C37H48O3. The standard InChI is InChI=1S/C37H48O3/c1-4-6-8-10-11-12-13-16-20-31-23-28-35(32-21-17-14-18-22-32)36(29-31)40-37(38)33-24-26-34(27-25-33)39-30(3)19-15-9-7-5-2/h4,14,17-18,21-30H,1,5-13,15-16,19-20H2,2-3H3. The van der Waals surface area contributed by atoms with Crippen LogP contribution in [0.5, 0.6) is 11.5 Å². The van der Waals surface area contributed by atoms with Crippen molar-refractivity contribution in [3.63, 3.8) is 0 Å². The van der Waals surface area contributed by atoms with Crippen molar-refractivity contribution in [2.24, 2.45) is 0 Å². The third kappa shape index (κ3) is 11.0. The highest BCUT2D eigenvalue weighted by Crippen LogP contribution is 2.32. The normalized spacial score (nSPS) is 11.7. The van der Waals surface area contributed by atoms with Gasteiger partial charge in [-0.05, 0) is 86.9 Å². The Morgan fingerprint density at radius 1 is 0.825 bits per heavy atom. The van der Waals surface area contributed by atoms with Crippen LogP contribution in [0, 0.1) is 0 Å². The summed E-state index contributed by atoms with van der Waals surface area (Å²) >= 11 is 0. The first-order valence-corrected chi connectivity index (χ1v) is 15.4. The van der Waals surface area contributed by atoms with Gasteiger partial charge in [0.1, 0.15) is 11.5 Å². The van der Waals surface area contributed by atoms with Crippen molar-refractivity contribution in [2.45, 2.75) is 103 Å². The van der Waals surface area contributed by atoms with Crippen molar-refractivity contribution < 1.29 is 14.3 Å². The number of hydrogen-bond acceptors (Lipinski definition) is 3. The first-order chi connectivity index (χ1) is 19.6. The van der Waals surface area contributed by atoms with Gasteiger partial charge in [-0.1, -0.05) is 100 Å². The molecule has 0 heterocycles. The number of unbranched alkanes of at least 4 members (excludes halogenated alkanes) is 9. The highest BCUT2D eigenvalue weighted by molar-refractivity contribution is 5.92. The zero-order valence-electron chi connectivity index (χ0n) is 24.7. The van der Waals surface area contributed by atoms with Crippen LogP contribution in [0.25, 0.3) is 11.1 Å². The molecule has 0 radical (unpaired) electrons. The van der Waals surface area contributed by atoms with Crippen molar-refractivity contribution in [1.82, 2.24) is 0 Å². The molecule has 0 bridgehead atoms. The van der Waals surface area contributed by atoms with E-state index in [0.717, 1.165) is 42.6 Å². The summed E-state index contributed by atoms with van der Waals surface area (Å²) in [6, 6.07) is 23.7. The van der Waals surface area contributed by atoms with Crippen LogP contribution < -0.4 is 9.47 Å². The van der Waals surface area contributed by atoms with Gasteiger partial charge in [0.05, 0.1) is 11.7 Å². The maximum atomic E-state index is 13.2. The molecule has 214 valence electrons. The average molecular weight is 541 g/mol. The van der Waals surface area contributed by atoms with Gasteiger partial charge in [-0.25, -0.2) is 4.79 Å². The first-order valence-electron chi connectivity index (χ1n) is 15.4. The summed E-state index contributed by atoms with van der Waals surface area (Å²) in [4.78, 5) is 13.2. The Hall–Kier alpha value is -3.33. The minimum Gasteiger partial charge on any atom is -0.491 e. The van der Waals surface area contributed by atoms with Gasteiger partial charge in [0, 0.05) is 5.56 Å². The van der Waals surface area contributed by atoms with E-state index < -0.39 is 0 Å². The lowest BCUT2D eigenvalue weighted by Gasteiger charge is -2.15. The molecule has 0 amide bonds. The Morgan fingerprint density at radius 2 is 1.52 bits per heavy atom. The summed E-state index contributed by atoms with van der Waals surface area (Å²) in [5, 5.41) is 0. The molecule has 0 saturated carbocycles. The molecule has 1 unspecified atom stereocenters. The van der Waals surface area contributed by atoms with Crippen molar-refractivity contribution in [3.05, 3.63) is 96.6 Å². The molecule has 0 N–H and O–H groups in total. The van der Waals surface area contributed by atoms with Gasteiger partial charge in [-0.3, -0.25) is 0 Å². The molecule has 0 spiro atoms. The Labute approximate surface area is 242 Å². The van der Waals surface area contributed by atoms with Crippen LogP contribution in [-0.4, -0.2) is 12.1 Å². The van der Waals surface area contributed by atoms with E-state index in [4.69, 9.17) is 9.47 Å². The molecular weight excluding hydrogens is 492 g/mol. The number of rotatable bonds is 19. The molecule has 3 aromatic carbocycles. The Morgan fingerprint density at radius 3 is 2.25 bits per heavy atom. The zero-order chi connectivity index (χ0) is 28.4. The topological polar surface area (TPSA) is 35.5 Å². The Balaban J connectivity index is 1.61. The SMILES string of the molecule is C=CCCCCCCCCc1ccc(-c2ccccc2)c(OC(=O)c2ccc(OC(C)CCCCCC)cc2)c1. The van der Waals surface area contributed by atoms with Gasteiger partial charge in [-0.15, -0.1) is 6.58 Å². The van der Waals surface area contributed by atoms with E-state index in [1.165, 1.54) is 63.4 Å². The number of ether oxygens (including phenoxy) is 2. The molecule has 3 heteroatoms. The lowest BCUT2D eigenvalue weighted by Crippen LogP contribution is -2.12. The number of allylic oxidation sites excluding steroid dienone is 1. The summed E-state index contributed by atoms with van der Waals surface area (Å²) in [6.07, 6.45) is 17.7. The number of aryl methyl sites for hydroxylation is 1. The summed E-state index contributed by atoms with van der Waals surface area (Å²) in [5.41, 5.74) is 3.68. The van der Waals surface area contributed by atoms with Gasteiger partial charge in [0.2, 0.25) is 0 Å². The molecule has 0 aliphatic heterocycles. The monoisotopic (exact) mass is 540 g/mol. The minimum absolute atomic E-state index is 0.156. The molecule has 40 heavy (non-hydrogen) atoms. The molecule has 0 aliphatic carbocycles. The quantitative estimate of drug-likeness (QED) is 0.0656. The second-order valence-electron chi connectivity index (χ2n) is 10.8. The van der Waals surface area contributed by atoms with Crippen LogP contribution in [0.15, 0.2) is 85.5 Å². The molecule has 3 nitrogen and oxygen atoms in total. The predicted octanol–water partition coefficient (Wildman–Crippen LogP) is 10.8. The zero-order valence-corrected chi connectivity index (χ0v) is 24.7. The molecule has 0 saturated heterocycles. The largest absolute Gasteiger partial charge is 0.491 e. The summed E-state index contributed by atoms with van der Waals surface area (Å²) in [7, 11) is 0. The smallest absolute Gasteiger partial charge is 0.343 e. The first kappa shape index (κ1) is 31.2. The van der Waals surface area contributed by atoms with E-state index in [-0.39, 0.29) is 12.1 Å². The van der Waals surface area contributed by atoms with Crippen LogP contribution >= 0.6 is 0 Å². The third-order valence-electron chi connectivity index (χ3n) is 7.35. The molecule has 3 aromatic rings. The highest BCUT2D eigenvalue weighted by atomic mass is 16.5. The van der Waals surface area contributed by atoms with Gasteiger partial charge < -0.3 is 9.47 Å². The fourth-order valence-electron chi connectivity index (χ4n) is 4.97. The van der Waals surface area contributed by atoms with E-state index in [0.29, 0.717) is 11.3 Å². The lowest BCUT2D eigenvalue weighted by molar-refractivity contribution is 0.0735. The van der Waals surface area contributed by atoms with Gasteiger partial charge >= 0.3 is 5.97 Å². The van der Waals surface area contributed by atoms with E-state index in [1.807, 2.05) is 54.6 Å². The fraction of sp³-hybridized carbons (Fsp3) is 0.432. The van der Waals surface area contributed by atoms with E-state index in [9.17, 15) is 4.79 Å². The maximum Gasteiger partial charge on any atom is 0.343 e. The molecule has 3 rings (SSSR count). The van der Waals surface area contributed by atoms with Crippen molar-refractivity contribution >= 4 is 5.97 Å². The lowest BCUT2D eigenvalue weighted by atomic mass is 9.99. The average Bonchev–Trinajstić information content (AvgIpc) is 2.97. The van der Waals surface area contributed by atoms with Crippen molar-refractivity contribution in [1.29, 1.82) is 0 Å². The fourth-order valence-corrected chi connectivity index (χ4v) is 4.97. The summed E-state index contributed by atoms with van der Waals surface area (Å²) in [5.74, 6) is 1.04. The van der Waals surface area contributed by atoms with Crippen LogP contribution in [-0.2, 0) is 6.42 Å². The molecule has 1 atom stereocenters. The maximum absolute atomic E-state index is 13.2. The van der Waals surface area contributed by atoms with E-state index in [2.05, 4.69) is 32.6 Å². The molecule has 0 aromatic heterocycles. The summed E-state index contributed by atoms with van der Waals surface area (Å²) in [6.45, 7) is 8.13. The second kappa shape index (κ2) is 18.1. The number of hydrogen-bond donors (Lipinski definition) is 0. The van der Waals surface area contributed by atoms with Gasteiger partial charge in [0.15, 0.2) is 0 Å². The molecule has 0 aliphatic rings. The van der Waals surface area contributed by atoms with Crippen LogP contribution in [0.4, 0.5) is 0 Å². The van der Waals surface area contributed by atoms with Crippen molar-refractivity contribution in [3.8, 4) is 22.6 Å². The van der Waals surface area contributed by atoms with Crippen LogP contribution in [0.1, 0.15) is 107 Å². The number of carbonyl (C=O) groups excluding carboxylic acids is 1. The second-order valence-corrected chi connectivity index (χ2v) is 10.8. The van der Waals surface area contributed by atoms with Gasteiger partial charge in [-0.2, -0.15) is 0 Å². The van der Waals surface area contributed by atoms with Gasteiger partial charge in [0.25, 0.3) is 0 Å². The number of esters is 1. The third-order valence-corrected chi connectivity index (χ3v) is 7.35.